The summed E-state index contributed by atoms with van der Waals surface area (Å²) >= 11 is 0. The van der Waals surface area contributed by atoms with Crippen LogP contribution in [0.3, 0.4) is 0 Å². The lowest BCUT2D eigenvalue weighted by molar-refractivity contribution is -0.116. The SMILES string of the molecule is C=C(C)C(=O)C(CN)c1ccccc1. The zero-order valence-corrected chi connectivity index (χ0v) is 8.36. The lowest BCUT2D eigenvalue weighted by Gasteiger charge is -2.13. The minimum absolute atomic E-state index is 0.0266. The summed E-state index contributed by atoms with van der Waals surface area (Å²) in [5, 5.41) is 0. The molecule has 0 fully saturated rings. The number of Topliss-reactive ketones (excluding diaryl/α,β-unsaturated/α-hetero) is 1. The van der Waals surface area contributed by atoms with Crippen LogP contribution in [0, 0.1) is 0 Å². The molecule has 0 radical (unpaired) electrons. The molecule has 1 atom stereocenters. The second kappa shape index (κ2) is 4.72. The molecule has 0 aliphatic heterocycles. The van der Waals surface area contributed by atoms with Crippen LogP contribution in [-0.4, -0.2) is 12.3 Å². The van der Waals surface area contributed by atoms with Crippen molar-refractivity contribution in [3.8, 4) is 0 Å². The molecule has 74 valence electrons. The third-order valence-corrected chi connectivity index (χ3v) is 2.17. The van der Waals surface area contributed by atoms with Crippen LogP contribution in [0.2, 0.25) is 0 Å². The highest BCUT2D eigenvalue weighted by atomic mass is 16.1. The number of hydrogen-bond acceptors (Lipinski definition) is 2. The van der Waals surface area contributed by atoms with Crippen LogP contribution in [0.1, 0.15) is 18.4 Å². The van der Waals surface area contributed by atoms with Gasteiger partial charge in [-0.3, -0.25) is 4.79 Å². The molecule has 1 aromatic rings. The molecular formula is C12H15NO. The summed E-state index contributed by atoms with van der Waals surface area (Å²) in [6, 6.07) is 9.56. The second-order valence-electron chi connectivity index (χ2n) is 3.34. The highest BCUT2D eigenvalue weighted by Crippen LogP contribution is 2.17. The third kappa shape index (κ3) is 2.30. The molecule has 0 bridgehead atoms. The van der Waals surface area contributed by atoms with Crippen molar-refractivity contribution in [3.05, 3.63) is 48.0 Å². The maximum Gasteiger partial charge on any atom is 0.166 e. The van der Waals surface area contributed by atoms with Crippen molar-refractivity contribution in [2.45, 2.75) is 12.8 Å². The van der Waals surface area contributed by atoms with Gasteiger partial charge in [-0.25, -0.2) is 0 Å². The fourth-order valence-corrected chi connectivity index (χ4v) is 1.38. The van der Waals surface area contributed by atoms with Crippen LogP contribution in [0.4, 0.5) is 0 Å². The first kappa shape index (κ1) is 10.7. The van der Waals surface area contributed by atoms with Crippen LogP contribution in [0.5, 0.6) is 0 Å². The summed E-state index contributed by atoms with van der Waals surface area (Å²) < 4.78 is 0. The third-order valence-electron chi connectivity index (χ3n) is 2.17. The lowest BCUT2D eigenvalue weighted by atomic mass is 9.92. The number of nitrogens with two attached hydrogens (primary N) is 1. The average molecular weight is 189 g/mol. The minimum Gasteiger partial charge on any atom is -0.329 e. The summed E-state index contributed by atoms with van der Waals surface area (Å²) in [4.78, 5) is 11.7. The standard InChI is InChI=1S/C12H15NO/c1-9(2)12(14)11(8-13)10-6-4-3-5-7-10/h3-7,11H,1,8,13H2,2H3. The Bertz CT molecular complexity index is 329. The monoisotopic (exact) mass is 189 g/mol. The zero-order valence-electron chi connectivity index (χ0n) is 8.36. The van der Waals surface area contributed by atoms with Gasteiger partial charge in [0.2, 0.25) is 0 Å². The topological polar surface area (TPSA) is 43.1 Å². The molecule has 1 aromatic carbocycles. The molecule has 0 heterocycles. The van der Waals surface area contributed by atoms with Gasteiger partial charge >= 0.3 is 0 Å². The molecule has 0 aliphatic carbocycles. The van der Waals surface area contributed by atoms with Gasteiger partial charge < -0.3 is 5.73 Å². The number of carbonyl (C=O) groups excluding carboxylic acids is 1. The van der Waals surface area contributed by atoms with Crippen molar-refractivity contribution in [2.75, 3.05) is 6.54 Å². The quantitative estimate of drug-likeness (QED) is 0.735. The van der Waals surface area contributed by atoms with E-state index in [0.29, 0.717) is 12.1 Å². The first-order valence-electron chi connectivity index (χ1n) is 4.61. The second-order valence-corrected chi connectivity index (χ2v) is 3.34. The van der Waals surface area contributed by atoms with Gasteiger partial charge in [-0.15, -0.1) is 0 Å². The maximum atomic E-state index is 11.7. The number of benzene rings is 1. The first-order chi connectivity index (χ1) is 6.66. The maximum absolute atomic E-state index is 11.7. The molecule has 1 rings (SSSR count). The van der Waals surface area contributed by atoms with E-state index in [4.69, 9.17) is 5.73 Å². The number of rotatable bonds is 4. The van der Waals surface area contributed by atoms with Gasteiger partial charge in [-0.1, -0.05) is 36.9 Å². The van der Waals surface area contributed by atoms with Gasteiger partial charge in [0, 0.05) is 6.54 Å². The largest absolute Gasteiger partial charge is 0.329 e. The molecule has 0 amide bonds. The number of carbonyl (C=O) groups is 1. The molecule has 14 heavy (non-hydrogen) atoms. The zero-order chi connectivity index (χ0) is 10.6. The molecule has 2 N–H and O–H groups in total. The van der Waals surface area contributed by atoms with Crippen molar-refractivity contribution in [1.29, 1.82) is 0 Å². The fraction of sp³-hybridized carbons (Fsp3) is 0.250. The smallest absolute Gasteiger partial charge is 0.166 e. The molecular weight excluding hydrogens is 174 g/mol. The Hall–Kier alpha value is -1.41. The average Bonchev–Trinajstić information content (AvgIpc) is 2.20. The van der Waals surface area contributed by atoms with Crippen LogP contribution in [0.15, 0.2) is 42.5 Å². The minimum atomic E-state index is -0.242. The van der Waals surface area contributed by atoms with Gasteiger partial charge in [0.15, 0.2) is 5.78 Å². The highest BCUT2D eigenvalue weighted by Gasteiger charge is 2.18. The van der Waals surface area contributed by atoms with Crippen molar-refractivity contribution >= 4 is 5.78 Å². The van der Waals surface area contributed by atoms with Crippen molar-refractivity contribution < 1.29 is 4.79 Å². The Morgan fingerprint density at radius 1 is 1.43 bits per heavy atom. The predicted molar refractivity (Wildman–Crippen MR) is 58.1 cm³/mol. The van der Waals surface area contributed by atoms with Crippen molar-refractivity contribution in [2.24, 2.45) is 5.73 Å². The Labute approximate surface area is 84.4 Å². The molecule has 0 aliphatic rings. The molecule has 2 nitrogen and oxygen atoms in total. The van der Waals surface area contributed by atoms with Gasteiger partial charge in [0.05, 0.1) is 5.92 Å². The van der Waals surface area contributed by atoms with Crippen molar-refractivity contribution in [1.82, 2.24) is 0 Å². The van der Waals surface area contributed by atoms with Gasteiger partial charge in [-0.2, -0.15) is 0 Å². The van der Waals surface area contributed by atoms with Gasteiger partial charge in [-0.05, 0) is 18.1 Å². The van der Waals surface area contributed by atoms with Crippen LogP contribution in [0.25, 0.3) is 0 Å². The van der Waals surface area contributed by atoms with Crippen LogP contribution >= 0.6 is 0 Å². The molecule has 0 spiro atoms. The van der Waals surface area contributed by atoms with E-state index in [0.717, 1.165) is 5.56 Å². The number of hydrogen-bond donors (Lipinski definition) is 1. The van der Waals surface area contributed by atoms with E-state index in [1.54, 1.807) is 6.92 Å². The molecule has 0 saturated carbocycles. The highest BCUT2D eigenvalue weighted by molar-refractivity contribution is 5.99. The molecule has 2 heteroatoms. The summed E-state index contributed by atoms with van der Waals surface area (Å²) in [7, 11) is 0. The summed E-state index contributed by atoms with van der Waals surface area (Å²) in [5.41, 5.74) is 7.10. The normalized spacial score (nSPS) is 12.1. The summed E-state index contributed by atoms with van der Waals surface area (Å²) in [6.45, 7) is 5.69. The van der Waals surface area contributed by atoms with E-state index in [9.17, 15) is 4.79 Å². The molecule has 0 saturated heterocycles. The van der Waals surface area contributed by atoms with Gasteiger partial charge in [0.25, 0.3) is 0 Å². The first-order valence-corrected chi connectivity index (χ1v) is 4.61. The number of ketones is 1. The van der Waals surface area contributed by atoms with E-state index < -0.39 is 0 Å². The molecule has 1 unspecified atom stereocenters. The number of allylic oxidation sites excluding steroid dienone is 1. The van der Waals surface area contributed by atoms with E-state index >= 15 is 0 Å². The predicted octanol–water partition coefficient (Wildman–Crippen LogP) is 1.87. The van der Waals surface area contributed by atoms with Crippen LogP contribution < -0.4 is 5.73 Å². The summed E-state index contributed by atoms with van der Waals surface area (Å²) in [5.74, 6) is -0.215. The van der Waals surface area contributed by atoms with E-state index in [2.05, 4.69) is 6.58 Å². The summed E-state index contributed by atoms with van der Waals surface area (Å²) in [6.07, 6.45) is 0. The van der Waals surface area contributed by atoms with E-state index in [-0.39, 0.29) is 11.7 Å². The lowest BCUT2D eigenvalue weighted by Crippen LogP contribution is -2.21. The van der Waals surface area contributed by atoms with E-state index in [1.165, 1.54) is 0 Å². The fourth-order valence-electron chi connectivity index (χ4n) is 1.38. The Balaban J connectivity index is 2.93. The van der Waals surface area contributed by atoms with Gasteiger partial charge in [0.1, 0.15) is 0 Å². The van der Waals surface area contributed by atoms with Crippen LogP contribution in [-0.2, 0) is 4.79 Å². The Morgan fingerprint density at radius 2 is 2.00 bits per heavy atom. The van der Waals surface area contributed by atoms with Crippen molar-refractivity contribution in [3.63, 3.8) is 0 Å². The molecule has 0 aromatic heterocycles. The Morgan fingerprint density at radius 3 is 2.43 bits per heavy atom. The Kier molecular flexibility index (Phi) is 3.60. The van der Waals surface area contributed by atoms with E-state index in [1.807, 2.05) is 30.3 Å².